The molecule has 18 heavy (non-hydrogen) atoms. The molecule has 1 heterocycles. The maximum atomic E-state index is 12.0. The highest BCUT2D eigenvalue weighted by Crippen LogP contribution is 2.16. The van der Waals surface area contributed by atoms with Gasteiger partial charge in [-0.15, -0.1) is 0 Å². The third kappa shape index (κ3) is 2.91. The Kier molecular flexibility index (Phi) is 3.72. The van der Waals surface area contributed by atoms with Crippen LogP contribution in [-0.2, 0) is 15.4 Å². The van der Waals surface area contributed by atoms with Crippen LogP contribution in [-0.4, -0.2) is 18.4 Å². The van der Waals surface area contributed by atoms with Crippen molar-refractivity contribution in [3.8, 4) is 0 Å². The number of sulfonamides is 1. The molecule has 0 saturated carbocycles. The largest absolute Gasteiger partial charge is 0.332 e. The van der Waals surface area contributed by atoms with Gasteiger partial charge in [0.15, 0.2) is 5.03 Å². The molecule has 0 saturated heterocycles. The second-order valence-electron chi connectivity index (χ2n) is 3.77. The maximum absolute atomic E-state index is 12.0. The summed E-state index contributed by atoms with van der Waals surface area (Å²) >= 11 is 3.33. The molecule has 0 aliphatic carbocycles. The molecule has 0 unspecified atom stereocenters. The molecule has 1 aromatic heterocycles. The van der Waals surface area contributed by atoms with Crippen LogP contribution >= 0.6 is 15.9 Å². The van der Waals surface area contributed by atoms with Crippen molar-refractivity contribution in [3.05, 3.63) is 41.9 Å². The van der Waals surface area contributed by atoms with E-state index in [1.165, 1.54) is 6.20 Å². The monoisotopic (exact) mass is 329 g/mol. The highest BCUT2D eigenvalue weighted by atomic mass is 79.9. The predicted octanol–water partition coefficient (Wildman–Crippen LogP) is 2.41. The van der Waals surface area contributed by atoms with E-state index >= 15 is 0 Å². The van der Waals surface area contributed by atoms with Crippen molar-refractivity contribution in [1.29, 1.82) is 0 Å². The fourth-order valence-corrected chi connectivity index (χ4v) is 2.81. The van der Waals surface area contributed by atoms with Crippen LogP contribution in [0.15, 0.2) is 35.5 Å². The van der Waals surface area contributed by atoms with Gasteiger partial charge in [0.2, 0.25) is 0 Å². The number of aromatic nitrogens is 2. The van der Waals surface area contributed by atoms with Crippen LogP contribution in [0.4, 0.5) is 5.69 Å². The summed E-state index contributed by atoms with van der Waals surface area (Å²) in [5.74, 6) is 0.560. The number of hydrogen-bond acceptors (Lipinski definition) is 3. The molecule has 0 spiro atoms. The van der Waals surface area contributed by atoms with Gasteiger partial charge < -0.3 is 4.98 Å². The van der Waals surface area contributed by atoms with Crippen LogP contribution in [0, 0.1) is 6.92 Å². The van der Waals surface area contributed by atoms with Gasteiger partial charge in [0, 0.05) is 11.0 Å². The first-order valence-corrected chi connectivity index (χ1v) is 7.81. The first-order valence-electron chi connectivity index (χ1n) is 5.20. The Bertz CT molecular complexity index is 635. The van der Waals surface area contributed by atoms with Crippen LogP contribution in [0.5, 0.6) is 0 Å². The molecule has 0 amide bonds. The minimum Gasteiger partial charge on any atom is -0.332 e. The van der Waals surface area contributed by atoms with Crippen molar-refractivity contribution >= 4 is 31.6 Å². The number of hydrogen-bond donors (Lipinski definition) is 2. The van der Waals surface area contributed by atoms with Crippen molar-refractivity contribution in [3.63, 3.8) is 0 Å². The van der Waals surface area contributed by atoms with Gasteiger partial charge >= 0.3 is 0 Å². The highest BCUT2D eigenvalue weighted by Gasteiger charge is 2.16. The molecule has 0 bridgehead atoms. The molecule has 96 valence electrons. The first-order chi connectivity index (χ1) is 8.51. The maximum Gasteiger partial charge on any atom is 0.278 e. The van der Waals surface area contributed by atoms with E-state index in [0.717, 1.165) is 10.9 Å². The van der Waals surface area contributed by atoms with E-state index in [2.05, 4.69) is 30.6 Å². The van der Waals surface area contributed by atoms with E-state index in [4.69, 9.17) is 0 Å². The topological polar surface area (TPSA) is 74.8 Å². The van der Waals surface area contributed by atoms with Crippen LogP contribution < -0.4 is 4.72 Å². The molecule has 2 aromatic rings. The molecule has 0 fully saturated rings. The van der Waals surface area contributed by atoms with E-state index in [1.54, 1.807) is 19.1 Å². The van der Waals surface area contributed by atoms with E-state index in [0.29, 0.717) is 11.5 Å². The third-order valence-electron chi connectivity index (χ3n) is 2.33. The Morgan fingerprint density at radius 1 is 1.33 bits per heavy atom. The minimum absolute atomic E-state index is 0.0598. The summed E-state index contributed by atoms with van der Waals surface area (Å²) in [4.78, 5) is 6.56. The molecule has 5 nitrogen and oxygen atoms in total. The molecule has 0 aliphatic rings. The summed E-state index contributed by atoms with van der Waals surface area (Å²) in [5, 5.41) is 0.796. The summed E-state index contributed by atoms with van der Waals surface area (Å²) in [5.41, 5.74) is 1.60. The molecule has 0 aliphatic heterocycles. The lowest BCUT2D eigenvalue weighted by Gasteiger charge is -2.06. The Labute approximate surface area is 114 Å². The lowest BCUT2D eigenvalue weighted by atomic mass is 10.2. The number of H-pyrrole nitrogens is 1. The number of anilines is 1. The number of benzene rings is 1. The van der Waals surface area contributed by atoms with E-state index in [1.807, 2.05) is 12.1 Å². The smallest absolute Gasteiger partial charge is 0.278 e. The average Bonchev–Trinajstić information content (AvgIpc) is 2.77. The predicted molar refractivity (Wildman–Crippen MR) is 73.2 cm³/mol. The SMILES string of the molecule is Cc1ncc(S(=O)(=O)Nc2ccc(CBr)cc2)[nH]1. The molecule has 1 aromatic carbocycles. The summed E-state index contributed by atoms with van der Waals surface area (Å²) in [7, 11) is -3.59. The van der Waals surface area contributed by atoms with Crippen molar-refractivity contribution < 1.29 is 8.42 Å². The van der Waals surface area contributed by atoms with Crippen molar-refractivity contribution in [1.82, 2.24) is 9.97 Å². The number of aromatic amines is 1. The zero-order valence-corrected chi connectivity index (χ0v) is 12.0. The van der Waals surface area contributed by atoms with E-state index in [9.17, 15) is 8.42 Å². The summed E-state index contributed by atoms with van der Waals surface area (Å²) in [6.07, 6.45) is 1.30. The number of alkyl halides is 1. The van der Waals surface area contributed by atoms with Gasteiger partial charge in [0.05, 0.1) is 6.20 Å². The van der Waals surface area contributed by atoms with Crippen LogP contribution in [0.3, 0.4) is 0 Å². The summed E-state index contributed by atoms with van der Waals surface area (Å²) in [6.45, 7) is 1.70. The van der Waals surface area contributed by atoms with Gasteiger partial charge in [-0.1, -0.05) is 28.1 Å². The zero-order valence-electron chi connectivity index (χ0n) is 9.64. The lowest BCUT2D eigenvalue weighted by molar-refractivity contribution is 0.598. The number of imidazole rings is 1. The molecule has 2 N–H and O–H groups in total. The fourth-order valence-electron chi connectivity index (χ4n) is 1.41. The number of halogens is 1. The van der Waals surface area contributed by atoms with Crippen LogP contribution in [0.2, 0.25) is 0 Å². The van der Waals surface area contributed by atoms with E-state index < -0.39 is 10.0 Å². The van der Waals surface area contributed by atoms with Crippen molar-refractivity contribution in [2.75, 3.05) is 4.72 Å². The number of nitrogens with zero attached hydrogens (tertiary/aromatic N) is 1. The van der Waals surface area contributed by atoms with E-state index in [-0.39, 0.29) is 5.03 Å². The quantitative estimate of drug-likeness (QED) is 0.846. The molecule has 0 atom stereocenters. The van der Waals surface area contributed by atoms with Gasteiger partial charge in [-0.3, -0.25) is 4.72 Å². The summed E-state index contributed by atoms with van der Waals surface area (Å²) < 4.78 is 26.4. The molecule has 0 radical (unpaired) electrons. The zero-order chi connectivity index (χ0) is 13.2. The van der Waals surface area contributed by atoms with Gasteiger partial charge in [-0.2, -0.15) is 8.42 Å². The highest BCUT2D eigenvalue weighted by molar-refractivity contribution is 9.08. The number of aryl methyl sites for hydroxylation is 1. The van der Waals surface area contributed by atoms with Gasteiger partial charge in [0.1, 0.15) is 5.82 Å². The summed E-state index contributed by atoms with van der Waals surface area (Å²) in [6, 6.07) is 7.14. The lowest BCUT2D eigenvalue weighted by Crippen LogP contribution is -2.13. The molecular weight excluding hydrogens is 318 g/mol. The number of rotatable bonds is 4. The van der Waals surface area contributed by atoms with Crippen molar-refractivity contribution in [2.24, 2.45) is 0 Å². The normalized spacial score (nSPS) is 11.4. The minimum atomic E-state index is -3.59. The van der Waals surface area contributed by atoms with Crippen LogP contribution in [0.1, 0.15) is 11.4 Å². The Morgan fingerprint density at radius 3 is 2.50 bits per heavy atom. The van der Waals surface area contributed by atoms with Crippen molar-refractivity contribution in [2.45, 2.75) is 17.3 Å². The van der Waals surface area contributed by atoms with Gasteiger partial charge in [0.25, 0.3) is 10.0 Å². The van der Waals surface area contributed by atoms with Crippen LogP contribution in [0.25, 0.3) is 0 Å². The molecule has 7 heteroatoms. The Hall–Kier alpha value is -1.34. The van der Waals surface area contributed by atoms with Gasteiger partial charge in [-0.25, -0.2) is 4.98 Å². The fraction of sp³-hybridized carbons (Fsp3) is 0.182. The first kappa shape index (κ1) is 13.1. The number of nitrogens with one attached hydrogen (secondary N) is 2. The second kappa shape index (κ2) is 5.11. The van der Waals surface area contributed by atoms with Gasteiger partial charge in [-0.05, 0) is 24.6 Å². The molecular formula is C11H12BrN3O2S. The third-order valence-corrected chi connectivity index (χ3v) is 4.27. The standard InChI is InChI=1S/C11H12BrN3O2S/c1-8-13-7-11(14-8)18(16,17)15-10-4-2-9(6-12)3-5-10/h2-5,7,15H,6H2,1H3,(H,13,14). The Morgan fingerprint density at radius 2 is 2.00 bits per heavy atom. The second-order valence-corrected chi connectivity index (χ2v) is 5.98. The molecule has 2 rings (SSSR count). The Balaban J connectivity index is 2.22. The average molecular weight is 330 g/mol.